The summed E-state index contributed by atoms with van der Waals surface area (Å²) in [5.74, 6) is 1.45. The van der Waals surface area contributed by atoms with Crippen LogP contribution in [-0.2, 0) is 12.3 Å². The standard InChI is InChI=1S/C16H14Cl2N4S2/c1-3-6-22-15(13-5-4-11(17)7-14(13)18)20-21-16(22)24-9-12-8-23-10(2)19-12/h3-5,7-8H,1,6,9H2,2H3. The van der Waals surface area contributed by atoms with Gasteiger partial charge in [-0.3, -0.25) is 4.57 Å². The van der Waals surface area contributed by atoms with E-state index in [1.165, 1.54) is 0 Å². The molecular weight excluding hydrogens is 383 g/mol. The lowest BCUT2D eigenvalue weighted by Gasteiger charge is -2.08. The summed E-state index contributed by atoms with van der Waals surface area (Å²) in [5.41, 5.74) is 1.84. The van der Waals surface area contributed by atoms with Crippen LogP contribution in [0.25, 0.3) is 11.4 Å². The fourth-order valence-corrected chi connectivity index (χ4v) is 4.22. The second kappa shape index (κ2) is 7.70. The molecular formula is C16H14Cl2N4S2. The van der Waals surface area contributed by atoms with Gasteiger partial charge in [-0.15, -0.1) is 28.1 Å². The molecule has 8 heteroatoms. The smallest absolute Gasteiger partial charge is 0.192 e. The summed E-state index contributed by atoms with van der Waals surface area (Å²) >= 11 is 15.5. The average molecular weight is 397 g/mol. The van der Waals surface area contributed by atoms with Crippen LogP contribution >= 0.6 is 46.3 Å². The Balaban J connectivity index is 1.90. The summed E-state index contributed by atoms with van der Waals surface area (Å²) in [7, 11) is 0. The zero-order valence-corrected chi connectivity index (χ0v) is 16.0. The molecule has 0 saturated heterocycles. The molecule has 0 radical (unpaired) electrons. The topological polar surface area (TPSA) is 43.6 Å². The Bertz CT molecular complexity index is 873. The molecule has 3 rings (SSSR count). The Hall–Kier alpha value is -1.34. The summed E-state index contributed by atoms with van der Waals surface area (Å²) in [5, 5.41) is 13.7. The Morgan fingerprint density at radius 2 is 2.17 bits per heavy atom. The highest BCUT2D eigenvalue weighted by Gasteiger charge is 2.16. The first kappa shape index (κ1) is 17.5. The van der Waals surface area contributed by atoms with Gasteiger partial charge in [0.05, 0.1) is 15.7 Å². The normalized spacial score (nSPS) is 11.0. The van der Waals surface area contributed by atoms with Crippen LogP contribution in [0.1, 0.15) is 10.7 Å². The minimum atomic E-state index is 0.548. The van der Waals surface area contributed by atoms with E-state index in [1.54, 1.807) is 35.2 Å². The first-order chi connectivity index (χ1) is 11.6. The second-order valence-corrected chi connectivity index (χ2v) is 7.82. The van der Waals surface area contributed by atoms with Crippen LogP contribution in [0.15, 0.2) is 41.4 Å². The summed E-state index contributed by atoms with van der Waals surface area (Å²) in [6, 6.07) is 5.35. The number of allylic oxidation sites excluding steroid dienone is 1. The zero-order valence-electron chi connectivity index (χ0n) is 12.9. The number of nitrogens with zero attached hydrogens (tertiary/aromatic N) is 4. The van der Waals surface area contributed by atoms with Crippen molar-refractivity contribution in [1.82, 2.24) is 19.7 Å². The molecule has 2 aromatic heterocycles. The summed E-state index contributed by atoms with van der Waals surface area (Å²) < 4.78 is 1.99. The Morgan fingerprint density at radius 1 is 1.33 bits per heavy atom. The van der Waals surface area contributed by atoms with Gasteiger partial charge in [0.25, 0.3) is 0 Å². The molecule has 0 fully saturated rings. The number of hydrogen-bond acceptors (Lipinski definition) is 5. The molecule has 0 bridgehead atoms. The molecule has 124 valence electrons. The lowest BCUT2D eigenvalue weighted by Crippen LogP contribution is -2.01. The van der Waals surface area contributed by atoms with E-state index in [9.17, 15) is 0 Å². The molecule has 0 unspecified atom stereocenters. The van der Waals surface area contributed by atoms with Crippen LogP contribution in [0.3, 0.4) is 0 Å². The van der Waals surface area contributed by atoms with Crippen molar-refractivity contribution in [1.29, 1.82) is 0 Å². The number of aryl methyl sites for hydroxylation is 1. The first-order valence-electron chi connectivity index (χ1n) is 7.12. The summed E-state index contributed by atoms with van der Waals surface area (Å²) in [6.07, 6.45) is 1.81. The van der Waals surface area contributed by atoms with Crippen molar-refractivity contribution in [2.75, 3.05) is 0 Å². The van der Waals surface area contributed by atoms with E-state index in [4.69, 9.17) is 23.2 Å². The predicted molar refractivity (Wildman–Crippen MR) is 102 cm³/mol. The van der Waals surface area contributed by atoms with Gasteiger partial charge in [-0.2, -0.15) is 0 Å². The lowest BCUT2D eigenvalue weighted by atomic mass is 10.2. The van der Waals surface area contributed by atoms with Gasteiger partial charge in [-0.05, 0) is 25.1 Å². The maximum atomic E-state index is 6.31. The average Bonchev–Trinajstić information content (AvgIpc) is 3.13. The minimum Gasteiger partial charge on any atom is -0.298 e. The molecule has 0 amide bonds. The van der Waals surface area contributed by atoms with Gasteiger partial charge in [0.2, 0.25) is 0 Å². The van der Waals surface area contributed by atoms with Crippen LogP contribution in [0, 0.1) is 6.92 Å². The molecule has 0 N–H and O–H groups in total. The zero-order chi connectivity index (χ0) is 17.1. The van der Waals surface area contributed by atoms with Crippen LogP contribution in [0.2, 0.25) is 10.0 Å². The molecule has 3 aromatic rings. The van der Waals surface area contributed by atoms with Gasteiger partial charge < -0.3 is 0 Å². The van der Waals surface area contributed by atoms with E-state index in [2.05, 4.69) is 27.1 Å². The number of benzene rings is 1. The maximum Gasteiger partial charge on any atom is 0.192 e. The van der Waals surface area contributed by atoms with E-state index in [0.29, 0.717) is 22.4 Å². The summed E-state index contributed by atoms with van der Waals surface area (Å²) in [6.45, 7) is 6.42. The van der Waals surface area contributed by atoms with Crippen molar-refractivity contribution in [3.05, 3.63) is 57.0 Å². The molecule has 4 nitrogen and oxygen atoms in total. The van der Waals surface area contributed by atoms with Crippen molar-refractivity contribution in [2.45, 2.75) is 24.4 Å². The molecule has 24 heavy (non-hydrogen) atoms. The molecule has 0 aliphatic carbocycles. The van der Waals surface area contributed by atoms with Gasteiger partial charge in [0, 0.05) is 28.3 Å². The van der Waals surface area contributed by atoms with Crippen molar-refractivity contribution < 1.29 is 0 Å². The number of halogens is 2. The molecule has 1 aromatic carbocycles. The van der Waals surface area contributed by atoms with Crippen LogP contribution in [-0.4, -0.2) is 19.7 Å². The van der Waals surface area contributed by atoms with Crippen LogP contribution < -0.4 is 0 Å². The Labute approximate surface area is 158 Å². The highest BCUT2D eigenvalue weighted by molar-refractivity contribution is 7.98. The molecule has 0 saturated carbocycles. The van der Waals surface area contributed by atoms with E-state index < -0.39 is 0 Å². The SMILES string of the molecule is C=CCn1c(SCc2csc(C)n2)nnc1-c1ccc(Cl)cc1Cl. The molecule has 0 atom stereocenters. The Kier molecular flexibility index (Phi) is 5.61. The molecule has 0 spiro atoms. The lowest BCUT2D eigenvalue weighted by molar-refractivity contribution is 0.731. The fraction of sp³-hybridized carbons (Fsp3) is 0.188. The van der Waals surface area contributed by atoms with Crippen LogP contribution in [0.5, 0.6) is 0 Å². The predicted octanol–water partition coefficient (Wildman–Crippen LogP) is 5.50. The third-order valence-corrected chi connectivity index (χ3v) is 5.59. The van der Waals surface area contributed by atoms with Crippen molar-refractivity contribution >= 4 is 46.3 Å². The first-order valence-corrected chi connectivity index (χ1v) is 9.74. The van der Waals surface area contributed by atoms with Crippen molar-refractivity contribution in [3.8, 4) is 11.4 Å². The molecule has 2 heterocycles. The van der Waals surface area contributed by atoms with Gasteiger partial charge in [0.15, 0.2) is 11.0 Å². The van der Waals surface area contributed by atoms with Crippen LogP contribution in [0.4, 0.5) is 0 Å². The third kappa shape index (κ3) is 3.83. The maximum absolute atomic E-state index is 6.31. The van der Waals surface area contributed by atoms with E-state index in [1.807, 2.05) is 23.6 Å². The van der Waals surface area contributed by atoms with Gasteiger partial charge >= 0.3 is 0 Å². The number of thiazole rings is 1. The highest BCUT2D eigenvalue weighted by Crippen LogP contribution is 2.32. The van der Waals surface area contributed by atoms with Gasteiger partial charge in [0.1, 0.15) is 0 Å². The quantitative estimate of drug-likeness (QED) is 0.407. The van der Waals surface area contributed by atoms with E-state index >= 15 is 0 Å². The van der Waals surface area contributed by atoms with Gasteiger partial charge in [-0.1, -0.05) is 41.0 Å². The van der Waals surface area contributed by atoms with Crippen molar-refractivity contribution in [2.24, 2.45) is 0 Å². The van der Waals surface area contributed by atoms with Crippen molar-refractivity contribution in [3.63, 3.8) is 0 Å². The van der Waals surface area contributed by atoms with E-state index in [0.717, 1.165) is 27.2 Å². The Morgan fingerprint density at radius 3 is 2.83 bits per heavy atom. The number of thioether (sulfide) groups is 1. The minimum absolute atomic E-state index is 0.548. The monoisotopic (exact) mass is 396 g/mol. The third-order valence-electron chi connectivity index (χ3n) is 3.22. The van der Waals surface area contributed by atoms with Gasteiger partial charge in [-0.25, -0.2) is 4.98 Å². The fourth-order valence-electron chi connectivity index (χ4n) is 2.17. The second-order valence-electron chi connectivity index (χ2n) is 4.98. The number of aromatic nitrogens is 4. The summed E-state index contributed by atoms with van der Waals surface area (Å²) in [4.78, 5) is 4.47. The number of rotatable bonds is 6. The molecule has 0 aliphatic heterocycles. The number of hydrogen-bond donors (Lipinski definition) is 0. The largest absolute Gasteiger partial charge is 0.298 e. The highest BCUT2D eigenvalue weighted by atomic mass is 35.5. The molecule has 0 aliphatic rings. The van der Waals surface area contributed by atoms with E-state index in [-0.39, 0.29) is 0 Å².